The standard InChI is InChI=1S/C26H29FN4O4S/c1-17(2)35-25(33)22-23(31(20-7-5-4-6-8-20)26(36)29(3)24(22)32)28-21-16-30(13-14-34-21)15-18-9-11-19(27)12-10-18/h4-12,17,21,28H,13-16H2,1-3H3. The van der Waals surface area contributed by atoms with Crippen molar-refractivity contribution in [1.82, 2.24) is 14.0 Å². The third kappa shape index (κ3) is 5.72. The zero-order valence-corrected chi connectivity index (χ0v) is 21.3. The molecule has 4 rings (SSSR count). The van der Waals surface area contributed by atoms with E-state index in [9.17, 15) is 14.0 Å². The Hall–Kier alpha value is -3.34. The van der Waals surface area contributed by atoms with E-state index in [1.165, 1.54) is 23.7 Å². The van der Waals surface area contributed by atoms with Crippen molar-refractivity contribution in [3.8, 4) is 5.69 Å². The first-order chi connectivity index (χ1) is 17.2. The molecule has 1 aromatic heterocycles. The monoisotopic (exact) mass is 512 g/mol. The van der Waals surface area contributed by atoms with Crippen molar-refractivity contribution in [2.75, 3.05) is 25.0 Å². The first kappa shape index (κ1) is 25.7. The molecule has 1 aliphatic rings. The maximum Gasteiger partial charge on any atom is 0.347 e. The second-order valence-corrected chi connectivity index (χ2v) is 9.23. The van der Waals surface area contributed by atoms with E-state index in [0.29, 0.717) is 31.9 Å². The highest BCUT2D eigenvalue weighted by atomic mass is 32.1. The number of nitrogens with zero attached hydrogens (tertiary/aromatic N) is 3. The Labute approximate surface area is 213 Å². The van der Waals surface area contributed by atoms with Crippen LogP contribution in [0.4, 0.5) is 10.2 Å². The molecule has 3 aromatic rings. The third-order valence-corrected chi connectivity index (χ3v) is 6.24. The first-order valence-corrected chi connectivity index (χ1v) is 12.1. The van der Waals surface area contributed by atoms with Crippen molar-refractivity contribution in [3.63, 3.8) is 0 Å². The van der Waals surface area contributed by atoms with Gasteiger partial charge in [-0.25, -0.2) is 9.18 Å². The van der Waals surface area contributed by atoms with Crippen LogP contribution in [0.5, 0.6) is 0 Å². The molecule has 0 spiro atoms. The third-order valence-electron chi connectivity index (χ3n) is 5.79. The number of nitrogens with one attached hydrogen (secondary N) is 1. The quantitative estimate of drug-likeness (QED) is 0.380. The molecule has 2 heterocycles. The lowest BCUT2D eigenvalue weighted by molar-refractivity contribution is -0.0167. The Morgan fingerprint density at radius 1 is 1.19 bits per heavy atom. The van der Waals surface area contributed by atoms with Gasteiger partial charge in [0, 0.05) is 32.4 Å². The summed E-state index contributed by atoms with van der Waals surface area (Å²) < 4.78 is 27.8. The Balaban J connectivity index is 1.73. The molecule has 0 radical (unpaired) electrons. The lowest BCUT2D eigenvalue weighted by Gasteiger charge is -2.34. The van der Waals surface area contributed by atoms with Gasteiger partial charge in [0.1, 0.15) is 17.9 Å². The van der Waals surface area contributed by atoms with Gasteiger partial charge >= 0.3 is 5.97 Å². The topological polar surface area (TPSA) is 77.7 Å². The molecule has 190 valence electrons. The van der Waals surface area contributed by atoms with Crippen molar-refractivity contribution < 1.29 is 18.7 Å². The van der Waals surface area contributed by atoms with Crippen LogP contribution in [0.3, 0.4) is 0 Å². The summed E-state index contributed by atoms with van der Waals surface area (Å²) in [5.41, 5.74) is 0.944. The van der Waals surface area contributed by atoms with E-state index < -0.39 is 23.9 Å². The zero-order valence-electron chi connectivity index (χ0n) is 20.4. The molecule has 8 nitrogen and oxygen atoms in total. The van der Waals surface area contributed by atoms with E-state index >= 15 is 0 Å². The highest BCUT2D eigenvalue weighted by molar-refractivity contribution is 7.71. The summed E-state index contributed by atoms with van der Waals surface area (Å²) in [6.07, 6.45) is -0.957. The van der Waals surface area contributed by atoms with Crippen LogP contribution in [-0.2, 0) is 23.1 Å². The minimum atomic E-state index is -0.744. The number of ether oxygens (including phenoxy) is 2. The Morgan fingerprint density at radius 2 is 1.89 bits per heavy atom. The number of carbonyl (C=O) groups excluding carboxylic acids is 1. The van der Waals surface area contributed by atoms with Gasteiger partial charge in [0.25, 0.3) is 5.56 Å². The number of rotatable bonds is 7. The van der Waals surface area contributed by atoms with Crippen LogP contribution in [-0.4, -0.2) is 52.0 Å². The highest BCUT2D eigenvalue weighted by Crippen LogP contribution is 2.23. The molecule has 0 bridgehead atoms. The molecule has 0 aliphatic carbocycles. The normalized spacial score (nSPS) is 16.2. The summed E-state index contributed by atoms with van der Waals surface area (Å²) in [7, 11) is 1.53. The SMILES string of the molecule is CC(C)OC(=O)c1c(NC2CN(Cc3ccc(F)cc3)CCO2)n(-c2ccccc2)c(=S)n(C)c1=O. The van der Waals surface area contributed by atoms with E-state index in [0.717, 1.165) is 5.56 Å². The van der Waals surface area contributed by atoms with Crippen LogP contribution < -0.4 is 10.9 Å². The molecule has 1 aliphatic heterocycles. The predicted octanol–water partition coefficient (Wildman–Crippen LogP) is 3.88. The van der Waals surface area contributed by atoms with Gasteiger partial charge < -0.3 is 14.8 Å². The van der Waals surface area contributed by atoms with Crippen LogP contribution >= 0.6 is 12.2 Å². The number of halogens is 1. The number of aromatic nitrogens is 2. The molecule has 36 heavy (non-hydrogen) atoms. The molecule has 1 N–H and O–H groups in total. The maximum atomic E-state index is 13.3. The van der Waals surface area contributed by atoms with Gasteiger partial charge in [0.15, 0.2) is 10.3 Å². The van der Waals surface area contributed by atoms with Crippen LogP contribution in [0.1, 0.15) is 29.8 Å². The van der Waals surface area contributed by atoms with Crippen LogP contribution in [0.25, 0.3) is 5.69 Å². The number of para-hydroxylation sites is 1. The van der Waals surface area contributed by atoms with Gasteiger partial charge in [-0.2, -0.15) is 0 Å². The molecule has 0 saturated carbocycles. The Morgan fingerprint density at radius 3 is 2.56 bits per heavy atom. The summed E-state index contributed by atoms with van der Waals surface area (Å²) in [6.45, 7) is 5.62. The number of benzene rings is 2. The molecule has 1 saturated heterocycles. The van der Waals surface area contributed by atoms with Crippen LogP contribution in [0, 0.1) is 10.6 Å². The lowest BCUT2D eigenvalue weighted by Crippen LogP contribution is -2.46. The maximum absolute atomic E-state index is 13.3. The van der Waals surface area contributed by atoms with Crippen molar-refractivity contribution in [2.24, 2.45) is 7.05 Å². The van der Waals surface area contributed by atoms with E-state index in [1.807, 2.05) is 30.3 Å². The molecule has 2 aromatic carbocycles. The van der Waals surface area contributed by atoms with E-state index in [1.54, 1.807) is 30.5 Å². The van der Waals surface area contributed by atoms with Crippen LogP contribution in [0.2, 0.25) is 0 Å². The number of anilines is 1. The molecular weight excluding hydrogens is 483 g/mol. The van der Waals surface area contributed by atoms with Crippen molar-refractivity contribution in [2.45, 2.75) is 32.7 Å². The van der Waals surface area contributed by atoms with Gasteiger partial charge in [-0.3, -0.25) is 18.8 Å². The number of esters is 1. The summed E-state index contributed by atoms with van der Waals surface area (Å²) in [6, 6.07) is 15.6. The molecule has 1 unspecified atom stereocenters. The van der Waals surface area contributed by atoms with Crippen molar-refractivity contribution >= 4 is 24.0 Å². The Bertz CT molecular complexity index is 1340. The average Bonchev–Trinajstić information content (AvgIpc) is 2.85. The lowest BCUT2D eigenvalue weighted by atomic mass is 10.2. The summed E-state index contributed by atoms with van der Waals surface area (Å²) in [4.78, 5) is 28.5. The fourth-order valence-electron chi connectivity index (χ4n) is 4.06. The van der Waals surface area contributed by atoms with Crippen molar-refractivity contribution in [3.05, 3.63) is 86.7 Å². The van der Waals surface area contributed by atoms with Gasteiger partial charge in [-0.15, -0.1) is 0 Å². The van der Waals surface area contributed by atoms with Crippen molar-refractivity contribution in [1.29, 1.82) is 0 Å². The average molecular weight is 513 g/mol. The molecule has 0 amide bonds. The summed E-state index contributed by atoms with van der Waals surface area (Å²) in [5.74, 6) is -0.808. The fraction of sp³-hybridized carbons (Fsp3) is 0.346. The van der Waals surface area contributed by atoms with Gasteiger partial charge in [-0.05, 0) is 55.9 Å². The second kappa shape index (κ2) is 11.2. The number of hydrogen-bond acceptors (Lipinski definition) is 7. The highest BCUT2D eigenvalue weighted by Gasteiger charge is 2.29. The molecular formula is C26H29FN4O4S. The summed E-state index contributed by atoms with van der Waals surface area (Å²) >= 11 is 5.62. The number of hydrogen-bond donors (Lipinski definition) is 1. The molecule has 1 fully saturated rings. The van der Waals surface area contributed by atoms with Gasteiger partial charge in [0.05, 0.1) is 12.7 Å². The minimum Gasteiger partial charge on any atom is -0.459 e. The fourth-order valence-corrected chi connectivity index (χ4v) is 4.34. The van der Waals surface area contributed by atoms with Crippen LogP contribution in [0.15, 0.2) is 59.4 Å². The molecule has 1 atom stereocenters. The van der Waals surface area contributed by atoms with Gasteiger partial charge in [0.2, 0.25) is 0 Å². The molecule has 10 heteroatoms. The number of carbonyl (C=O) groups is 1. The number of morpholine rings is 1. The first-order valence-electron chi connectivity index (χ1n) is 11.7. The van der Waals surface area contributed by atoms with E-state index in [2.05, 4.69) is 10.2 Å². The summed E-state index contributed by atoms with van der Waals surface area (Å²) in [5, 5.41) is 3.26. The predicted molar refractivity (Wildman–Crippen MR) is 137 cm³/mol. The Kier molecular flexibility index (Phi) is 7.97. The minimum absolute atomic E-state index is 0.150. The largest absolute Gasteiger partial charge is 0.459 e. The smallest absolute Gasteiger partial charge is 0.347 e. The zero-order chi connectivity index (χ0) is 25.8. The van der Waals surface area contributed by atoms with Gasteiger partial charge in [-0.1, -0.05) is 30.3 Å². The second-order valence-electron chi connectivity index (χ2n) is 8.86. The van der Waals surface area contributed by atoms with E-state index in [-0.39, 0.29) is 22.0 Å². The van der Waals surface area contributed by atoms with E-state index in [4.69, 9.17) is 21.7 Å².